The first kappa shape index (κ1) is 14.7. The maximum Gasteiger partial charge on any atom is 0.249 e. The van der Waals surface area contributed by atoms with Crippen LogP contribution in [0.5, 0.6) is 5.75 Å². The molecule has 1 amide bonds. The van der Waals surface area contributed by atoms with Crippen molar-refractivity contribution in [3.63, 3.8) is 0 Å². The van der Waals surface area contributed by atoms with Crippen LogP contribution in [-0.2, 0) is 11.4 Å². The molecule has 0 aliphatic rings. The number of aromatic nitrogens is 1. The van der Waals surface area contributed by atoms with E-state index in [4.69, 9.17) is 4.74 Å². The Balaban J connectivity index is 2.05. The lowest BCUT2D eigenvalue weighted by atomic mass is 10.2. The Morgan fingerprint density at radius 2 is 2.24 bits per heavy atom. The number of hydrogen-bond acceptors (Lipinski definition) is 4. The van der Waals surface area contributed by atoms with E-state index in [9.17, 15) is 9.90 Å². The molecule has 0 saturated heterocycles. The van der Waals surface area contributed by atoms with Crippen LogP contribution in [0, 0.1) is 0 Å². The SMILES string of the molecule is COc1cccc(/C=C/C(=O)Nc2ncccc2CO)c1. The van der Waals surface area contributed by atoms with Gasteiger partial charge in [-0.05, 0) is 29.8 Å². The molecule has 0 radical (unpaired) electrons. The molecule has 2 N–H and O–H groups in total. The van der Waals surface area contributed by atoms with E-state index in [0.29, 0.717) is 11.4 Å². The Hall–Kier alpha value is -2.66. The van der Waals surface area contributed by atoms with Gasteiger partial charge in [0, 0.05) is 17.8 Å². The molecule has 1 aromatic carbocycles. The van der Waals surface area contributed by atoms with Crippen molar-refractivity contribution in [2.45, 2.75) is 6.61 Å². The maximum atomic E-state index is 11.9. The van der Waals surface area contributed by atoms with Crippen LogP contribution in [0.3, 0.4) is 0 Å². The van der Waals surface area contributed by atoms with Crippen LogP contribution in [0.15, 0.2) is 48.7 Å². The first-order valence-corrected chi connectivity index (χ1v) is 6.41. The second kappa shape index (κ2) is 7.21. The summed E-state index contributed by atoms with van der Waals surface area (Å²) in [5.41, 5.74) is 1.42. The predicted octanol–water partition coefficient (Wildman–Crippen LogP) is 2.23. The molecule has 2 aromatic rings. The lowest BCUT2D eigenvalue weighted by molar-refractivity contribution is -0.111. The number of aliphatic hydroxyl groups excluding tert-OH is 1. The first-order valence-electron chi connectivity index (χ1n) is 6.41. The number of rotatable bonds is 5. The molecular formula is C16H16N2O3. The number of pyridine rings is 1. The molecule has 0 spiro atoms. The summed E-state index contributed by atoms with van der Waals surface area (Å²) in [4.78, 5) is 15.9. The van der Waals surface area contributed by atoms with Gasteiger partial charge in [-0.25, -0.2) is 4.98 Å². The zero-order valence-corrected chi connectivity index (χ0v) is 11.6. The lowest BCUT2D eigenvalue weighted by Crippen LogP contribution is -2.11. The van der Waals surface area contributed by atoms with Crippen LogP contribution >= 0.6 is 0 Å². The third-order valence-electron chi connectivity index (χ3n) is 2.82. The Morgan fingerprint density at radius 3 is 3.00 bits per heavy atom. The van der Waals surface area contributed by atoms with Crippen LogP contribution in [0.2, 0.25) is 0 Å². The molecule has 21 heavy (non-hydrogen) atoms. The van der Waals surface area contributed by atoms with Gasteiger partial charge in [0.05, 0.1) is 13.7 Å². The Bertz CT molecular complexity index is 653. The van der Waals surface area contributed by atoms with Gasteiger partial charge in [0.2, 0.25) is 5.91 Å². The Labute approximate surface area is 122 Å². The summed E-state index contributed by atoms with van der Waals surface area (Å²) in [6.45, 7) is -0.178. The van der Waals surface area contributed by atoms with Crippen molar-refractivity contribution in [1.82, 2.24) is 4.98 Å². The zero-order valence-electron chi connectivity index (χ0n) is 11.6. The third-order valence-corrected chi connectivity index (χ3v) is 2.82. The van der Waals surface area contributed by atoms with Crippen molar-refractivity contribution in [2.24, 2.45) is 0 Å². The highest BCUT2D eigenvalue weighted by Crippen LogP contribution is 2.14. The quantitative estimate of drug-likeness (QED) is 0.826. The van der Waals surface area contributed by atoms with Crippen LogP contribution in [-0.4, -0.2) is 23.1 Å². The number of carbonyl (C=O) groups excluding carboxylic acids is 1. The number of carbonyl (C=O) groups is 1. The number of benzene rings is 1. The van der Waals surface area contributed by atoms with Gasteiger partial charge in [0.15, 0.2) is 0 Å². The molecule has 0 aliphatic heterocycles. The van der Waals surface area contributed by atoms with Gasteiger partial charge in [-0.2, -0.15) is 0 Å². The van der Waals surface area contributed by atoms with Crippen molar-refractivity contribution < 1.29 is 14.6 Å². The van der Waals surface area contributed by atoms with Crippen LogP contribution < -0.4 is 10.1 Å². The van der Waals surface area contributed by atoms with E-state index >= 15 is 0 Å². The summed E-state index contributed by atoms with van der Waals surface area (Å²) in [5.74, 6) is 0.774. The molecule has 1 aromatic heterocycles. The van der Waals surface area contributed by atoms with Gasteiger partial charge in [-0.15, -0.1) is 0 Å². The van der Waals surface area contributed by atoms with Gasteiger partial charge in [-0.3, -0.25) is 4.79 Å². The van der Waals surface area contributed by atoms with Crippen molar-refractivity contribution in [3.05, 3.63) is 59.8 Å². The first-order chi connectivity index (χ1) is 10.2. The zero-order chi connectivity index (χ0) is 15.1. The minimum Gasteiger partial charge on any atom is -0.497 e. The number of amides is 1. The molecule has 0 unspecified atom stereocenters. The molecule has 0 saturated carbocycles. The monoisotopic (exact) mass is 284 g/mol. The van der Waals surface area contributed by atoms with E-state index in [-0.39, 0.29) is 12.5 Å². The lowest BCUT2D eigenvalue weighted by Gasteiger charge is -2.05. The molecule has 2 rings (SSSR count). The second-order valence-electron chi connectivity index (χ2n) is 4.27. The summed E-state index contributed by atoms with van der Waals surface area (Å²) in [7, 11) is 1.59. The summed E-state index contributed by atoms with van der Waals surface area (Å²) in [5, 5.41) is 11.8. The second-order valence-corrected chi connectivity index (χ2v) is 4.27. The largest absolute Gasteiger partial charge is 0.497 e. The molecular weight excluding hydrogens is 268 g/mol. The minimum atomic E-state index is -0.314. The molecule has 5 heteroatoms. The average Bonchev–Trinajstić information content (AvgIpc) is 2.53. The van der Waals surface area contributed by atoms with E-state index in [1.54, 1.807) is 31.5 Å². The Morgan fingerprint density at radius 1 is 1.38 bits per heavy atom. The van der Waals surface area contributed by atoms with E-state index in [0.717, 1.165) is 11.3 Å². The minimum absolute atomic E-state index is 0.178. The summed E-state index contributed by atoms with van der Waals surface area (Å²) in [6.07, 6.45) is 4.64. The van der Waals surface area contributed by atoms with E-state index < -0.39 is 0 Å². The number of ether oxygens (including phenoxy) is 1. The summed E-state index contributed by atoms with van der Waals surface area (Å²) in [6, 6.07) is 10.8. The van der Waals surface area contributed by atoms with E-state index in [2.05, 4.69) is 10.3 Å². The van der Waals surface area contributed by atoms with Gasteiger partial charge in [0.1, 0.15) is 11.6 Å². The van der Waals surface area contributed by atoms with Crippen molar-refractivity contribution >= 4 is 17.8 Å². The topological polar surface area (TPSA) is 71.5 Å². The highest BCUT2D eigenvalue weighted by Gasteiger charge is 2.04. The molecule has 0 aliphatic carbocycles. The number of aliphatic hydroxyl groups is 1. The molecule has 0 fully saturated rings. The predicted molar refractivity (Wildman–Crippen MR) is 80.8 cm³/mol. The average molecular weight is 284 g/mol. The molecule has 1 heterocycles. The number of nitrogens with zero attached hydrogens (tertiary/aromatic N) is 1. The smallest absolute Gasteiger partial charge is 0.249 e. The number of nitrogens with one attached hydrogen (secondary N) is 1. The van der Waals surface area contributed by atoms with Crippen LogP contribution in [0.1, 0.15) is 11.1 Å². The van der Waals surface area contributed by atoms with E-state index in [1.165, 1.54) is 6.08 Å². The Kier molecular flexibility index (Phi) is 5.06. The molecule has 5 nitrogen and oxygen atoms in total. The third kappa shape index (κ3) is 4.15. The normalized spacial score (nSPS) is 10.6. The highest BCUT2D eigenvalue weighted by atomic mass is 16.5. The van der Waals surface area contributed by atoms with Gasteiger partial charge in [0.25, 0.3) is 0 Å². The number of hydrogen-bond donors (Lipinski definition) is 2. The van der Waals surface area contributed by atoms with Gasteiger partial charge < -0.3 is 15.2 Å². The maximum absolute atomic E-state index is 11.9. The van der Waals surface area contributed by atoms with Gasteiger partial charge >= 0.3 is 0 Å². The molecule has 0 atom stereocenters. The van der Waals surface area contributed by atoms with Crippen LogP contribution in [0.4, 0.5) is 5.82 Å². The molecule has 0 bridgehead atoms. The standard InChI is InChI=1S/C16H16N2O3/c1-21-14-6-2-4-12(10-14)7-8-15(20)18-16-13(11-19)5-3-9-17-16/h2-10,19H,11H2,1H3,(H,17,18,20)/b8-7+. The van der Waals surface area contributed by atoms with Crippen molar-refractivity contribution in [2.75, 3.05) is 12.4 Å². The number of methoxy groups -OCH3 is 1. The van der Waals surface area contributed by atoms with Crippen molar-refractivity contribution in [3.8, 4) is 5.75 Å². The fraction of sp³-hybridized carbons (Fsp3) is 0.125. The number of anilines is 1. The van der Waals surface area contributed by atoms with Gasteiger partial charge in [-0.1, -0.05) is 18.2 Å². The molecule has 108 valence electrons. The fourth-order valence-corrected chi connectivity index (χ4v) is 1.75. The van der Waals surface area contributed by atoms with Crippen molar-refractivity contribution in [1.29, 1.82) is 0 Å². The summed E-state index contributed by atoms with van der Waals surface area (Å²) >= 11 is 0. The summed E-state index contributed by atoms with van der Waals surface area (Å²) < 4.78 is 5.12. The fourth-order valence-electron chi connectivity index (χ4n) is 1.75. The van der Waals surface area contributed by atoms with E-state index in [1.807, 2.05) is 24.3 Å². The highest BCUT2D eigenvalue weighted by molar-refractivity contribution is 6.01. The van der Waals surface area contributed by atoms with Crippen LogP contribution in [0.25, 0.3) is 6.08 Å².